The van der Waals surface area contributed by atoms with Gasteiger partial charge in [0.15, 0.2) is 0 Å². The fraction of sp³-hybridized carbons (Fsp3) is 0.500. The van der Waals surface area contributed by atoms with Crippen molar-refractivity contribution >= 4 is 17.6 Å². The minimum atomic E-state index is 0.0731. The average molecular weight is 283 g/mol. The highest BCUT2D eigenvalue weighted by molar-refractivity contribution is 6.18. The number of hydrogen-bond donors (Lipinski definition) is 0. The maximum Gasteiger partial charge on any atom is 0.320 e. The summed E-state index contributed by atoms with van der Waals surface area (Å²) >= 11 is 5.65. The number of alkyl halides is 1. The van der Waals surface area contributed by atoms with Crippen LogP contribution in [0.2, 0.25) is 0 Å². The lowest BCUT2D eigenvalue weighted by atomic mass is 10.2. The Morgan fingerprint density at radius 3 is 2.47 bits per heavy atom. The van der Waals surface area contributed by atoms with Gasteiger partial charge in [0, 0.05) is 32.1 Å². The molecule has 0 radical (unpaired) electrons. The number of amides is 2. The first-order valence-corrected chi connectivity index (χ1v) is 7.06. The van der Waals surface area contributed by atoms with Crippen molar-refractivity contribution < 1.29 is 9.53 Å². The van der Waals surface area contributed by atoms with Gasteiger partial charge in [0.1, 0.15) is 0 Å². The SMILES string of the molecule is O=C1N(CCCl)CCN1CCOCc1ccccc1. The van der Waals surface area contributed by atoms with E-state index in [9.17, 15) is 4.79 Å². The van der Waals surface area contributed by atoms with E-state index in [0.29, 0.717) is 32.2 Å². The molecule has 1 aliphatic heterocycles. The third kappa shape index (κ3) is 4.11. The summed E-state index contributed by atoms with van der Waals surface area (Å²) in [6.07, 6.45) is 0. The van der Waals surface area contributed by atoms with Gasteiger partial charge in [-0.3, -0.25) is 0 Å². The van der Waals surface area contributed by atoms with Crippen molar-refractivity contribution in [2.24, 2.45) is 0 Å². The lowest BCUT2D eigenvalue weighted by Crippen LogP contribution is -2.34. The number of nitrogens with zero attached hydrogens (tertiary/aromatic N) is 2. The van der Waals surface area contributed by atoms with E-state index in [-0.39, 0.29) is 6.03 Å². The quantitative estimate of drug-likeness (QED) is 0.567. The second-order valence-corrected chi connectivity index (χ2v) is 4.86. The molecule has 1 aromatic rings. The van der Waals surface area contributed by atoms with Crippen molar-refractivity contribution in [1.82, 2.24) is 9.80 Å². The molecule has 104 valence electrons. The smallest absolute Gasteiger partial charge is 0.320 e. The topological polar surface area (TPSA) is 32.8 Å². The monoisotopic (exact) mass is 282 g/mol. The number of ether oxygens (including phenoxy) is 1. The van der Waals surface area contributed by atoms with Crippen LogP contribution in [0.1, 0.15) is 5.56 Å². The van der Waals surface area contributed by atoms with Crippen molar-refractivity contribution in [3.05, 3.63) is 35.9 Å². The Kier molecular flexibility index (Phi) is 5.48. The second-order valence-electron chi connectivity index (χ2n) is 4.48. The molecule has 0 atom stereocenters. The standard InChI is InChI=1S/C14H19ClN2O2/c15-6-7-16-8-9-17(14(16)18)10-11-19-12-13-4-2-1-3-5-13/h1-5H,6-12H2. The molecule has 0 saturated carbocycles. The summed E-state index contributed by atoms with van der Waals surface area (Å²) in [6, 6.07) is 10.1. The van der Waals surface area contributed by atoms with E-state index in [2.05, 4.69) is 0 Å². The summed E-state index contributed by atoms with van der Waals surface area (Å²) in [5.74, 6) is 0.490. The van der Waals surface area contributed by atoms with Crippen LogP contribution in [0.25, 0.3) is 0 Å². The minimum Gasteiger partial charge on any atom is -0.375 e. The molecule has 0 bridgehead atoms. The van der Waals surface area contributed by atoms with E-state index in [0.717, 1.165) is 18.7 Å². The van der Waals surface area contributed by atoms with Crippen molar-refractivity contribution in [2.45, 2.75) is 6.61 Å². The Labute approximate surface area is 118 Å². The van der Waals surface area contributed by atoms with Crippen LogP contribution in [-0.4, -0.2) is 54.5 Å². The minimum absolute atomic E-state index is 0.0731. The van der Waals surface area contributed by atoms with E-state index in [1.54, 1.807) is 4.90 Å². The molecule has 0 aliphatic carbocycles. The normalized spacial score (nSPS) is 15.3. The van der Waals surface area contributed by atoms with Gasteiger partial charge in [0.2, 0.25) is 0 Å². The van der Waals surface area contributed by atoms with Crippen LogP contribution in [0, 0.1) is 0 Å². The van der Waals surface area contributed by atoms with Crippen LogP contribution in [0.15, 0.2) is 30.3 Å². The zero-order valence-electron chi connectivity index (χ0n) is 10.9. The largest absolute Gasteiger partial charge is 0.375 e. The average Bonchev–Trinajstić information content (AvgIpc) is 2.78. The Hall–Kier alpha value is -1.26. The molecule has 4 nitrogen and oxygen atoms in total. The van der Waals surface area contributed by atoms with Crippen LogP contribution < -0.4 is 0 Å². The molecule has 1 fully saturated rings. The van der Waals surface area contributed by atoms with Gasteiger partial charge in [-0.2, -0.15) is 0 Å². The maximum atomic E-state index is 11.9. The van der Waals surface area contributed by atoms with Crippen LogP contribution in [0.4, 0.5) is 4.79 Å². The Bertz CT molecular complexity index is 400. The highest BCUT2D eigenvalue weighted by Crippen LogP contribution is 2.08. The second kappa shape index (κ2) is 7.36. The molecule has 0 N–H and O–H groups in total. The molecule has 5 heteroatoms. The molecule has 2 rings (SSSR count). The number of urea groups is 1. The van der Waals surface area contributed by atoms with Crippen LogP contribution in [-0.2, 0) is 11.3 Å². The summed E-state index contributed by atoms with van der Waals surface area (Å²) < 4.78 is 5.59. The first-order chi connectivity index (χ1) is 9.31. The number of rotatable bonds is 7. The Morgan fingerprint density at radius 2 is 1.79 bits per heavy atom. The van der Waals surface area contributed by atoms with Gasteiger partial charge < -0.3 is 14.5 Å². The van der Waals surface area contributed by atoms with Crippen molar-refractivity contribution in [3.63, 3.8) is 0 Å². The number of hydrogen-bond acceptors (Lipinski definition) is 2. The molecule has 0 aromatic heterocycles. The van der Waals surface area contributed by atoms with Gasteiger partial charge in [0.05, 0.1) is 13.2 Å². The van der Waals surface area contributed by atoms with Gasteiger partial charge >= 0.3 is 6.03 Å². The fourth-order valence-corrected chi connectivity index (χ4v) is 2.29. The third-order valence-corrected chi connectivity index (χ3v) is 3.32. The molecule has 1 aliphatic rings. The number of halogens is 1. The highest BCUT2D eigenvalue weighted by atomic mass is 35.5. The van der Waals surface area contributed by atoms with E-state index in [1.165, 1.54) is 0 Å². The van der Waals surface area contributed by atoms with E-state index < -0.39 is 0 Å². The number of benzene rings is 1. The number of carbonyl (C=O) groups excluding carboxylic acids is 1. The fourth-order valence-electron chi connectivity index (χ4n) is 2.09. The molecular formula is C14H19ClN2O2. The molecule has 1 heterocycles. The first kappa shape index (κ1) is 14.2. The lowest BCUT2D eigenvalue weighted by molar-refractivity contribution is 0.103. The predicted octanol–water partition coefficient (Wildman–Crippen LogP) is 2.18. The summed E-state index contributed by atoms with van der Waals surface area (Å²) in [4.78, 5) is 15.5. The first-order valence-electron chi connectivity index (χ1n) is 6.53. The molecule has 1 saturated heterocycles. The van der Waals surface area contributed by atoms with Crippen LogP contribution >= 0.6 is 11.6 Å². The molecule has 19 heavy (non-hydrogen) atoms. The zero-order valence-corrected chi connectivity index (χ0v) is 11.7. The number of carbonyl (C=O) groups is 1. The van der Waals surface area contributed by atoms with Gasteiger partial charge in [-0.15, -0.1) is 11.6 Å². The molecule has 1 aromatic carbocycles. The van der Waals surface area contributed by atoms with E-state index in [4.69, 9.17) is 16.3 Å². The summed E-state index contributed by atoms with van der Waals surface area (Å²) in [7, 11) is 0. The van der Waals surface area contributed by atoms with Crippen LogP contribution in [0.5, 0.6) is 0 Å². The van der Waals surface area contributed by atoms with Gasteiger partial charge in [-0.25, -0.2) is 4.79 Å². The van der Waals surface area contributed by atoms with Gasteiger partial charge in [-0.05, 0) is 5.56 Å². The van der Waals surface area contributed by atoms with Crippen LogP contribution in [0.3, 0.4) is 0 Å². The Morgan fingerprint density at radius 1 is 1.11 bits per heavy atom. The summed E-state index contributed by atoms with van der Waals surface area (Å²) in [5.41, 5.74) is 1.15. The highest BCUT2D eigenvalue weighted by Gasteiger charge is 2.27. The lowest BCUT2D eigenvalue weighted by Gasteiger charge is -2.17. The molecular weight excluding hydrogens is 264 g/mol. The van der Waals surface area contributed by atoms with Gasteiger partial charge in [0.25, 0.3) is 0 Å². The van der Waals surface area contributed by atoms with Crippen molar-refractivity contribution in [1.29, 1.82) is 0 Å². The Balaban J connectivity index is 1.65. The van der Waals surface area contributed by atoms with Crippen molar-refractivity contribution in [2.75, 3.05) is 38.7 Å². The molecule has 0 spiro atoms. The summed E-state index contributed by atoms with van der Waals surface area (Å²) in [6.45, 7) is 3.96. The van der Waals surface area contributed by atoms with E-state index in [1.807, 2.05) is 35.2 Å². The molecule has 0 unspecified atom stereocenters. The summed E-state index contributed by atoms with van der Waals surface area (Å²) in [5, 5.41) is 0. The maximum absolute atomic E-state index is 11.9. The van der Waals surface area contributed by atoms with E-state index >= 15 is 0 Å². The third-order valence-electron chi connectivity index (χ3n) is 3.15. The van der Waals surface area contributed by atoms with Crippen molar-refractivity contribution in [3.8, 4) is 0 Å². The van der Waals surface area contributed by atoms with Gasteiger partial charge in [-0.1, -0.05) is 30.3 Å². The molecule has 2 amide bonds. The zero-order chi connectivity index (χ0) is 13.5. The predicted molar refractivity (Wildman–Crippen MR) is 75.4 cm³/mol.